The molecule has 9 heteroatoms. The minimum Gasteiger partial charge on any atom is -0.450 e. The third kappa shape index (κ3) is 10.6. The number of hydrogen-bond donors (Lipinski definition) is 0. The third-order valence-corrected chi connectivity index (χ3v) is 12.6. The normalized spacial score (nSPS) is 14.5. The second kappa shape index (κ2) is 7.69. The van der Waals surface area contributed by atoms with Crippen molar-refractivity contribution in [1.82, 2.24) is 0 Å². The Morgan fingerprint density at radius 2 is 1.05 bits per heavy atom. The zero-order chi connectivity index (χ0) is 17.8. The van der Waals surface area contributed by atoms with Crippen molar-refractivity contribution in [3.8, 4) is 0 Å². The van der Waals surface area contributed by atoms with Crippen LogP contribution in [0, 0.1) is 0 Å². The minimum atomic E-state index is -3.52. The van der Waals surface area contributed by atoms with E-state index in [9.17, 15) is 4.79 Å². The van der Waals surface area contributed by atoms with Gasteiger partial charge in [-0.15, -0.1) is 0 Å². The van der Waals surface area contributed by atoms with Crippen LogP contribution in [0.25, 0.3) is 0 Å². The molecule has 0 saturated heterocycles. The van der Waals surface area contributed by atoms with E-state index in [2.05, 4.69) is 0 Å². The van der Waals surface area contributed by atoms with Crippen molar-refractivity contribution >= 4 is 40.0 Å². The van der Waals surface area contributed by atoms with Gasteiger partial charge in [-0.1, -0.05) is 6.08 Å². The van der Waals surface area contributed by atoms with E-state index in [1.165, 1.54) is 6.08 Å². The van der Waals surface area contributed by atoms with Gasteiger partial charge < -0.3 is 16.8 Å². The Labute approximate surface area is 139 Å². The number of rotatable bonds is 8. The van der Waals surface area contributed by atoms with Gasteiger partial charge >= 0.3 is 15.0 Å². The molecule has 0 radical (unpaired) electrons. The molecule has 0 aliphatic rings. The number of hydrogen-bond acceptors (Lipinski definition) is 5. The van der Waals surface area contributed by atoms with Crippen LogP contribution in [0.2, 0.25) is 58.9 Å². The zero-order valence-corrected chi connectivity index (χ0v) is 19.7. The fourth-order valence-electron chi connectivity index (χ4n) is 1.54. The van der Waals surface area contributed by atoms with Gasteiger partial charge in [-0.2, -0.15) is 0 Å². The van der Waals surface area contributed by atoms with E-state index in [1.54, 1.807) is 13.0 Å². The van der Waals surface area contributed by atoms with E-state index in [0.29, 0.717) is 0 Å². The molecule has 0 aromatic heterocycles. The standard InChI is InChI=1S/C13H32O5Si4/c1-11-12-13(14)15-22(16-19(2,3)4,17-20(5,6)7)18-21(8,9)10/h11-12H,1-10H3. The van der Waals surface area contributed by atoms with Crippen LogP contribution in [-0.2, 0) is 21.6 Å². The summed E-state index contributed by atoms with van der Waals surface area (Å²) >= 11 is 0. The van der Waals surface area contributed by atoms with Crippen molar-refractivity contribution in [1.29, 1.82) is 0 Å². The summed E-state index contributed by atoms with van der Waals surface area (Å²) in [6.45, 7) is 20.1. The SMILES string of the molecule is CC=CC(=O)O[Si](O[Si](C)(C)C)(O[Si](C)(C)C)O[Si](C)(C)C. The average Bonchev–Trinajstić information content (AvgIpc) is 2.06. The molecule has 0 aromatic carbocycles. The van der Waals surface area contributed by atoms with Gasteiger partial charge in [-0.25, -0.2) is 4.79 Å². The highest BCUT2D eigenvalue weighted by Crippen LogP contribution is 2.26. The molecule has 0 N–H and O–H groups in total. The van der Waals surface area contributed by atoms with Crippen molar-refractivity contribution in [2.45, 2.75) is 65.8 Å². The molecule has 0 amide bonds. The highest BCUT2D eigenvalue weighted by Gasteiger charge is 2.56. The molecule has 0 aliphatic heterocycles. The number of allylic oxidation sites excluding steroid dienone is 1. The molecular formula is C13H32O5Si4. The van der Waals surface area contributed by atoms with Crippen LogP contribution >= 0.6 is 0 Å². The second-order valence-electron chi connectivity index (χ2n) is 8.06. The molecule has 0 unspecified atom stereocenters. The molecule has 0 aromatic rings. The first kappa shape index (κ1) is 22.0. The smallest absolute Gasteiger partial charge is 0.450 e. The summed E-state index contributed by atoms with van der Waals surface area (Å²) in [6.07, 6.45) is 3.01. The lowest BCUT2D eigenvalue weighted by Gasteiger charge is -2.39. The number of carbonyl (C=O) groups is 1. The van der Waals surface area contributed by atoms with Gasteiger partial charge in [0.1, 0.15) is 0 Å². The van der Waals surface area contributed by atoms with E-state index in [1.807, 2.05) is 58.9 Å². The van der Waals surface area contributed by atoms with Crippen LogP contribution in [0.1, 0.15) is 6.92 Å². The Balaban J connectivity index is 5.73. The van der Waals surface area contributed by atoms with Crippen molar-refractivity contribution < 1.29 is 21.6 Å². The van der Waals surface area contributed by atoms with Gasteiger partial charge in [0, 0.05) is 6.08 Å². The molecule has 0 heterocycles. The van der Waals surface area contributed by atoms with E-state index in [-0.39, 0.29) is 0 Å². The van der Waals surface area contributed by atoms with E-state index < -0.39 is 40.0 Å². The summed E-state index contributed by atoms with van der Waals surface area (Å²) in [5.41, 5.74) is 0. The van der Waals surface area contributed by atoms with Crippen LogP contribution in [0.5, 0.6) is 0 Å². The molecule has 0 atom stereocenters. The van der Waals surface area contributed by atoms with Crippen LogP contribution in [0.4, 0.5) is 0 Å². The molecular weight excluding hydrogens is 348 g/mol. The maximum atomic E-state index is 12.0. The van der Waals surface area contributed by atoms with Gasteiger partial charge in [0.15, 0.2) is 25.0 Å². The van der Waals surface area contributed by atoms with E-state index >= 15 is 0 Å². The van der Waals surface area contributed by atoms with Crippen LogP contribution in [-0.4, -0.2) is 40.0 Å². The highest BCUT2D eigenvalue weighted by molar-refractivity contribution is 6.88. The average molecular weight is 381 g/mol. The fraction of sp³-hybridized carbons (Fsp3) is 0.769. The fourth-order valence-corrected chi connectivity index (χ4v) is 13.0. The summed E-state index contributed by atoms with van der Waals surface area (Å²) in [5.74, 6) is -0.469. The lowest BCUT2D eigenvalue weighted by atomic mass is 10.5. The number of carbonyl (C=O) groups excluding carboxylic acids is 1. The Kier molecular flexibility index (Phi) is 7.67. The first-order valence-corrected chi connectivity index (χ1v) is 19.4. The third-order valence-electron chi connectivity index (χ3n) is 1.82. The Morgan fingerprint density at radius 3 is 1.27 bits per heavy atom. The molecule has 130 valence electrons. The molecule has 0 aliphatic carbocycles. The molecule has 0 fully saturated rings. The van der Waals surface area contributed by atoms with Crippen molar-refractivity contribution in [3.63, 3.8) is 0 Å². The first-order valence-electron chi connectivity index (χ1n) is 7.54. The maximum absolute atomic E-state index is 12.0. The second-order valence-corrected chi connectivity index (χ2v) is 24.4. The maximum Gasteiger partial charge on any atom is 0.719 e. The Bertz CT molecular complexity index is 363. The predicted molar refractivity (Wildman–Crippen MR) is 100.0 cm³/mol. The summed E-state index contributed by atoms with van der Waals surface area (Å²) in [5, 5.41) is 0. The summed E-state index contributed by atoms with van der Waals surface area (Å²) in [7, 11) is -9.60. The molecule has 0 spiro atoms. The summed E-state index contributed by atoms with van der Waals surface area (Å²) in [6, 6.07) is 0. The lowest BCUT2D eigenvalue weighted by molar-refractivity contribution is -0.134. The minimum absolute atomic E-state index is 0.469. The Hall–Kier alpha value is -0.0425. The first-order chi connectivity index (χ1) is 9.58. The summed E-state index contributed by atoms with van der Waals surface area (Å²) < 4.78 is 24.3. The lowest BCUT2D eigenvalue weighted by Crippen LogP contribution is -2.63. The van der Waals surface area contributed by atoms with Gasteiger partial charge in [-0.05, 0) is 65.8 Å². The quantitative estimate of drug-likeness (QED) is 0.469. The molecule has 0 bridgehead atoms. The predicted octanol–water partition coefficient (Wildman–Crippen LogP) is 4.10. The summed E-state index contributed by atoms with van der Waals surface area (Å²) in [4.78, 5) is 12.0. The monoisotopic (exact) mass is 380 g/mol. The van der Waals surface area contributed by atoms with Gasteiger partial charge in [0.25, 0.3) is 0 Å². The van der Waals surface area contributed by atoms with Gasteiger partial charge in [-0.3, -0.25) is 0 Å². The van der Waals surface area contributed by atoms with E-state index in [4.69, 9.17) is 16.8 Å². The molecule has 22 heavy (non-hydrogen) atoms. The molecule has 0 rings (SSSR count). The van der Waals surface area contributed by atoms with Crippen molar-refractivity contribution in [3.05, 3.63) is 12.2 Å². The largest absolute Gasteiger partial charge is 0.719 e. The van der Waals surface area contributed by atoms with E-state index in [0.717, 1.165) is 0 Å². The van der Waals surface area contributed by atoms with Crippen LogP contribution in [0.15, 0.2) is 12.2 Å². The van der Waals surface area contributed by atoms with Crippen LogP contribution in [0.3, 0.4) is 0 Å². The van der Waals surface area contributed by atoms with Crippen molar-refractivity contribution in [2.24, 2.45) is 0 Å². The molecule has 5 nitrogen and oxygen atoms in total. The van der Waals surface area contributed by atoms with Crippen LogP contribution < -0.4 is 0 Å². The molecule has 0 saturated carbocycles. The van der Waals surface area contributed by atoms with Crippen molar-refractivity contribution in [2.75, 3.05) is 0 Å². The Morgan fingerprint density at radius 1 is 0.727 bits per heavy atom. The van der Waals surface area contributed by atoms with Gasteiger partial charge in [0.05, 0.1) is 0 Å². The van der Waals surface area contributed by atoms with Gasteiger partial charge in [0.2, 0.25) is 0 Å². The topological polar surface area (TPSA) is 54.0 Å². The zero-order valence-electron chi connectivity index (χ0n) is 15.7. The highest BCUT2D eigenvalue weighted by atomic mass is 28.5.